The zero-order valence-corrected chi connectivity index (χ0v) is 72.3. The van der Waals surface area contributed by atoms with Gasteiger partial charge < -0.3 is 19.7 Å². The van der Waals surface area contributed by atoms with Crippen LogP contribution in [0.15, 0.2) is 171 Å². The van der Waals surface area contributed by atoms with Crippen LogP contribution < -0.4 is 24.3 Å². The monoisotopic (exact) mass is 1830 g/mol. The Labute approximate surface area is 747 Å². The summed E-state index contributed by atoms with van der Waals surface area (Å²) in [6, 6.07) is 23.1. The van der Waals surface area contributed by atoms with Crippen molar-refractivity contribution in [3.05, 3.63) is 246 Å². The molecule has 1 unspecified atom stereocenters. The third kappa shape index (κ3) is 14.0. The van der Waals surface area contributed by atoms with E-state index in [2.05, 4.69) is 50.2 Å². The van der Waals surface area contributed by atoms with Crippen LogP contribution in [-0.4, -0.2) is 131 Å². The first-order valence-corrected chi connectivity index (χ1v) is 42.4. The van der Waals surface area contributed by atoms with Crippen LogP contribution in [0.3, 0.4) is 0 Å². The highest BCUT2D eigenvalue weighted by Gasteiger charge is 2.67. The second-order valence-electron chi connectivity index (χ2n) is 36.7. The van der Waals surface area contributed by atoms with Gasteiger partial charge in [0.25, 0.3) is 29.6 Å². The number of aromatic amines is 1. The van der Waals surface area contributed by atoms with Gasteiger partial charge in [0.1, 0.15) is 56.3 Å². The van der Waals surface area contributed by atoms with Crippen LogP contribution in [0.4, 0.5) is 99.2 Å². The number of H-pyrrole nitrogens is 1. The second kappa shape index (κ2) is 30.4. The summed E-state index contributed by atoms with van der Waals surface area (Å²) in [4.78, 5) is 74.4. The average molecular weight is 1830 g/mol. The summed E-state index contributed by atoms with van der Waals surface area (Å²) in [5, 5.41) is 40.5. The second-order valence-corrected chi connectivity index (χ2v) is 36.7. The third-order valence-corrected chi connectivity index (χ3v) is 25.6. The van der Waals surface area contributed by atoms with Crippen molar-refractivity contribution in [2.75, 3.05) is 32.8 Å². The van der Waals surface area contributed by atoms with E-state index in [4.69, 9.17) is 4.74 Å². The summed E-state index contributed by atoms with van der Waals surface area (Å²) in [5.74, 6) is -11.8. The number of amides is 4. The number of alkyl halides is 4. The smallest absolute Gasteiger partial charge is 0.387 e. The summed E-state index contributed by atoms with van der Waals surface area (Å²) in [6.45, 7) is 11.7. The molecule has 4 saturated carbocycles. The number of rotatable bonds is 15. The number of halogens is 12. The number of benzene rings is 6. The van der Waals surface area contributed by atoms with Gasteiger partial charge in [0.2, 0.25) is 23.8 Å². The van der Waals surface area contributed by atoms with Gasteiger partial charge in [-0.1, -0.05) is 77.9 Å². The van der Waals surface area contributed by atoms with Gasteiger partial charge in [-0.05, 0) is 151 Å². The van der Waals surface area contributed by atoms with Crippen molar-refractivity contribution in [2.24, 2.45) is 7.05 Å². The van der Waals surface area contributed by atoms with E-state index < -0.39 is 139 Å². The first-order valence-electron chi connectivity index (χ1n) is 42.4. The molecular formula is C93H80F12N20O8. The number of imidazole rings is 4. The van der Waals surface area contributed by atoms with E-state index in [1.807, 2.05) is 41.5 Å². The van der Waals surface area contributed by atoms with E-state index in [0.717, 1.165) is 86.2 Å². The van der Waals surface area contributed by atoms with E-state index in [1.165, 1.54) is 76.5 Å². The van der Waals surface area contributed by atoms with Gasteiger partial charge in [-0.2, -0.15) is 29.2 Å². The van der Waals surface area contributed by atoms with Crippen LogP contribution in [0.25, 0.3) is 56.4 Å². The summed E-state index contributed by atoms with van der Waals surface area (Å²) in [6.07, 6.45) is 19.5. The number of anilines is 8. The number of nitrogens with one attached hydrogen (secondary N) is 1. The predicted molar refractivity (Wildman–Crippen MR) is 456 cm³/mol. The number of aryl methyl sites for hydroxylation is 1. The highest BCUT2D eigenvalue weighted by molar-refractivity contribution is 6.12. The number of carbonyl (C=O) groups excluding carboxylic acids is 4. The van der Waals surface area contributed by atoms with E-state index in [9.17, 15) is 47.0 Å². The van der Waals surface area contributed by atoms with Crippen molar-refractivity contribution < 1.29 is 91.5 Å². The average Bonchev–Trinajstić information content (AvgIpc) is 2.31. The molecule has 1 saturated heterocycles. The standard InChI is InChI=1S/C24H17F4N5O2.C24H17F4N5O.C23H23F2N5O3.C22H23F2N5O2/c1-31-9-6-18(30-31)19-12-29-23-32(21(34)24(7-8-24)33(19)23)20-16(25)10-14(11-17(20)26)13-2-4-15(5-3-13)35-22(27)28;1-23(27,28)15-4-2-13(3-5-15)14-10-16(25)20(17(26)11-14)32-21(34)24(7-8-24)33-19(12-29-22(32)33)18-6-9-30-31-18;1-21(2,3)13-8-27-28(10-13)14-6-15(24)18(16(25)7-14)29-19(31)22(4-5-22)30-17(9-26-20(29)30)23(32)11-33-12-23;1-12(30)17-10-25-20-28(19(31)22(5-6-22)29(17)20)18-15(23)7-14(8-16(18)24)27-11-13(9-26-27)21(2,3)4/h2-6,9-12,22H,7-8H2,1H3;2-6,9-12H,7-8H2,1H3,(H,30,31);6-10,32H,4-5,11-12H2,1-3H3;7-12,30H,5-6H2,1-4H3. The number of hydrogen-bond acceptors (Lipinski definition) is 16. The lowest BCUT2D eigenvalue weighted by molar-refractivity contribution is -0.188. The van der Waals surface area contributed by atoms with E-state index in [0.29, 0.717) is 96.7 Å². The number of carbonyl (C=O) groups is 4. The first-order chi connectivity index (χ1) is 63.1. The van der Waals surface area contributed by atoms with Crippen molar-refractivity contribution in [3.8, 4) is 62.2 Å². The van der Waals surface area contributed by atoms with Crippen molar-refractivity contribution in [3.63, 3.8) is 0 Å². The quantitative estimate of drug-likeness (QED) is 0.0804. The fourth-order valence-electron chi connectivity index (χ4n) is 17.9. The molecule has 1 atom stereocenters. The van der Waals surface area contributed by atoms with Crippen molar-refractivity contribution in [1.29, 1.82) is 0 Å². The van der Waals surface area contributed by atoms with Gasteiger partial charge in [-0.3, -0.25) is 47.2 Å². The number of aliphatic hydroxyl groups is 2. The lowest BCUT2D eigenvalue weighted by Crippen LogP contribution is -2.48. The summed E-state index contributed by atoms with van der Waals surface area (Å²) < 4.78 is 195. The Morgan fingerprint density at radius 1 is 0.466 bits per heavy atom. The Hall–Kier alpha value is -14.3. The maximum atomic E-state index is 15.4. The van der Waals surface area contributed by atoms with Gasteiger partial charge >= 0.3 is 6.61 Å². The van der Waals surface area contributed by atoms with Crippen molar-refractivity contribution in [2.45, 2.75) is 164 Å². The fourth-order valence-corrected chi connectivity index (χ4v) is 17.9. The number of aromatic nitrogens is 16. The summed E-state index contributed by atoms with van der Waals surface area (Å²) in [5.41, 5.74) is -0.816. The molecule has 9 aliphatic rings. The number of hydrogen-bond donors (Lipinski definition) is 3. The molecule has 3 N–H and O–H groups in total. The molecular weight excluding hydrogens is 1750 g/mol. The van der Waals surface area contributed by atoms with Gasteiger partial charge in [-0.15, -0.1) is 0 Å². The number of nitrogens with zero attached hydrogens (tertiary/aromatic N) is 19. The largest absolute Gasteiger partial charge is 0.435 e. The van der Waals surface area contributed by atoms with Crippen LogP contribution in [0.1, 0.15) is 141 Å². The Bertz CT molecular complexity index is 7020. The molecule has 5 aliphatic heterocycles. The van der Waals surface area contributed by atoms with Gasteiger partial charge in [-0.25, -0.2) is 92.8 Å². The van der Waals surface area contributed by atoms with Crippen LogP contribution >= 0.6 is 0 Å². The number of aliphatic hydroxyl groups excluding tert-OH is 1. The molecule has 13 heterocycles. The number of fused-ring (bicyclic) bond motifs is 8. The van der Waals surface area contributed by atoms with Crippen molar-refractivity contribution >= 4 is 70.2 Å². The maximum absolute atomic E-state index is 15.4. The Balaban J connectivity index is 0.000000110. The van der Waals surface area contributed by atoms with Crippen LogP contribution in [-0.2, 0) is 75.5 Å². The molecule has 14 aromatic rings. The number of ether oxygens (including phenoxy) is 2. The highest BCUT2D eigenvalue weighted by atomic mass is 19.3. The summed E-state index contributed by atoms with van der Waals surface area (Å²) >= 11 is 0. The molecule has 23 rings (SSSR count). The topological polar surface area (TPSA) is 294 Å². The summed E-state index contributed by atoms with van der Waals surface area (Å²) in [7, 11) is 1.76. The van der Waals surface area contributed by atoms with E-state index >= 15 is 35.1 Å². The molecule has 8 aromatic heterocycles. The van der Waals surface area contributed by atoms with Gasteiger partial charge in [0.15, 0.2) is 52.1 Å². The lowest BCUT2D eigenvalue weighted by atomic mass is 9.90. The molecule has 6 aromatic carbocycles. The SMILES string of the molecule is CC(C)(C)c1cnn(-c2cc(F)c(N3C(=O)C4(CC4)n4c(C5(O)COC5)cnc43)c(F)c2)c1.CC(F)(F)c1ccc(-c2cc(F)c(N3C(=O)C4(CC4)n4c(-c5ccn[nH]5)cnc43)c(F)c2)cc1.CC(O)c1cnc2n1C1(CC1)C(=O)N2c1c(F)cc(-n2cc(C(C)(C)C)cn2)cc1F.Cn1ccc(-c2cnc3n2C2(CC2)C(=O)N3c2c(F)cc(-c3ccc(OC(F)F)cc3)cc2F)n1. The minimum absolute atomic E-state index is 0.0748. The Morgan fingerprint density at radius 3 is 1.22 bits per heavy atom. The maximum Gasteiger partial charge on any atom is 0.387 e. The minimum Gasteiger partial charge on any atom is -0.435 e. The van der Waals surface area contributed by atoms with E-state index in [1.54, 1.807) is 92.4 Å². The Kier molecular flexibility index (Phi) is 19.8. The van der Waals surface area contributed by atoms with Crippen LogP contribution in [0.5, 0.6) is 5.75 Å². The molecule has 4 spiro atoms. The molecule has 4 aliphatic carbocycles. The lowest BCUT2D eigenvalue weighted by Gasteiger charge is -2.37. The normalized spacial score (nSPS) is 17.6. The molecule has 684 valence electrons. The third-order valence-electron chi connectivity index (χ3n) is 25.6. The molecule has 5 fully saturated rings. The molecule has 4 amide bonds. The Morgan fingerprint density at radius 2 is 0.850 bits per heavy atom. The van der Waals surface area contributed by atoms with Crippen molar-refractivity contribution in [1.82, 2.24) is 77.7 Å². The molecule has 133 heavy (non-hydrogen) atoms. The van der Waals surface area contributed by atoms with Gasteiger partial charge in [0, 0.05) is 68.6 Å². The first kappa shape index (κ1) is 86.7. The zero-order chi connectivity index (χ0) is 93.9. The minimum atomic E-state index is -3.02. The van der Waals surface area contributed by atoms with Crippen LogP contribution in [0.2, 0.25) is 0 Å². The highest BCUT2D eigenvalue weighted by Crippen LogP contribution is 2.61. The molecule has 28 nitrogen and oxygen atoms in total. The van der Waals surface area contributed by atoms with Gasteiger partial charge in [0.05, 0.1) is 96.3 Å². The predicted octanol–water partition coefficient (Wildman–Crippen LogP) is 17.4. The molecule has 0 bridgehead atoms. The zero-order valence-electron chi connectivity index (χ0n) is 72.3. The van der Waals surface area contributed by atoms with E-state index in [-0.39, 0.29) is 81.7 Å². The molecule has 40 heteroatoms. The van der Waals surface area contributed by atoms with Crippen LogP contribution in [0, 0.1) is 46.5 Å². The fraction of sp³-hybridized carbons (Fsp3) is 0.312. The molecule has 0 radical (unpaired) electrons.